The summed E-state index contributed by atoms with van der Waals surface area (Å²) >= 11 is 0.909. The lowest BCUT2D eigenvalue weighted by atomic mass is 10.2. The van der Waals surface area contributed by atoms with Crippen LogP contribution in [-0.2, 0) is 11.3 Å². The van der Waals surface area contributed by atoms with Crippen LogP contribution in [0.25, 0.3) is 0 Å². The summed E-state index contributed by atoms with van der Waals surface area (Å²) in [5.41, 5.74) is 7.77. The fourth-order valence-electron chi connectivity index (χ4n) is 3.27. The van der Waals surface area contributed by atoms with Crippen LogP contribution in [0.15, 0.2) is 65.3 Å². The summed E-state index contributed by atoms with van der Waals surface area (Å²) in [5.74, 6) is 1.53. The largest absolute Gasteiger partial charge is 0.457 e. The Kier molecular flexibility index (Phi) is 9.16. The van der Waals surface area contributed by atoms with Gasteiger partial charge >= 0.3 is 0 Å². The van der Waals surface area contributed by atoms with Crippen LogP contribution < -0.4 is 10.5 Å². The van der Waals surface area contributed by atoms with E-state index in [-0.39, 0.29) is 30.5 Å². The molecule has 0 radical (unpaired) electrons. The minimum Gasteiger partial charge on any atom is -0.457 e. The Morgan fingerprint density at radius 3 is 2.75 bits per heavy atom. The quantitative estimate of drug-likeness (QED) is 0.390. The van der Waals surface area contributed by atoms with Crippen LogP contribution in [0, 0.1) is 18.3 Å². The van der Waals surface area contributed by atoms with Gasteiger partial charge in [0.25, 0.3) is 0 Å². The lowest BCUT2D eigenvalue weighted by molar-refractivity contribution is -0.116. The summed E-state index contributed by atoms with van der Waals surface area (Å²) < 4.78 is 5.90. The number of aryl methyl sites for hydroxylation is 1. The van der Waals surface area contributed by atoms with Crippen LogP contribution in [0.3, 0.4) is 0 Å². The van der Waals surface area contributed by atoms with Crippen molar-refractivity contribution < 1.29 is 19.4 Å². The number of ether oxygens (including phenoxy) is 1. The molecule has 0 saturated heterocycles. The number of allylic oxidation sites excluding steroid dienone is 1. The molecule has 0 spiro atoms. The summed E-state index contributed by atoms with van der Waals surface area (Å²) in [4.78, 5) is 35.4. The van der Waals surface area contributed by atoms with E-state index >= 15 is 0 Å². The molecule has 9 nitrogen and oxygen atoms in total. The molecule has 0 bridgehead atoms. The number of anilines is 1. The average Bonchev–Trinajstić information content (AvgIpc) is 2.88. The Morgan fingerprint density at radius 1 is 1.28 bits per heavy atom. The molecule has 184 valence electrons. The van der Waals surface area contributed by atoms with Gasteiger partial charge in [-0.05, 0) is 55.9 Å². The van der Waals surface area contributed by atoms with E-state index in [0.717, 1.165) is 11.8 Å². The first-order chi connectivity index (χ1) is 17.4. The van der Waals surface area contributed by atoms with E-state index in [2.05, 4.69) is 16.0 Å². The highest BCUT2D eigenvalue weighted by Crippen LogP contribution is 2.34. The average molecular weight is 504 g/mol. The smallest absolute Gasteiger partial charge is 0.227 e. The monoisotopic (exact) mass is 503 g/mol. The first-order valence-corrected chi connectivity index (χ1v) is 11.8. The molecule has 1 heterocycles. The van der Waals surface area contributed by atoms with Crippen molar-refractivity contribution in [3.63, 3.8) is 0 Å². The van der Waals surface area contributed by atoms with Gasteiger partial charge in [0, 0.05) is 35.4 Å². The van der Waals surface area contributed by atoms with E-state index in [4.69, 9.17) is 15.7 Å². The summed E-state index contributed by atoms with van der Waals surface area (Å²) in [5, 5.41) is 18.4. The second-order valence-corrected chi connectivity index (χ2v) is 8.74. The van der Waals surface area contributed by atoms with Gasteiger partial charge in [-0.1, -0.05) is 18.2 Å². The Hall–Kier alpha value is -4.20. The predicted molar refractivity (Wildman–Crippen MR) is 137 cm³/mol. The van der Waals surface area contributed by atoms with Gasteiger partial charge in [-0.25, -0.2) is 9.97 Å². The summed E-state index contributed by atoms with van der Waals surface area (Å²) in [7, 11) is 0. The number of carbonyl (C=O) groups excluding carboxylic acids is 2. The Labute approximate surface area is 213 Å². The highest BCUT2D eigenvalue weighted by molar-refractivity contribution is 8.17. The molecular formula is C26H25N5O4S. The molecule has 1 aromatic heterocycles. The van der Waals surface area contributed by atoms with Gasteiger partial charge in [-0.2, -0.15) is 5.26 Å². The van der Waals surface area contributed by atoms with Crippen LogP contribution >= 0.6 is 11.8 Å². The molecule has 1 amide bonds. The third-order valence-corrected chi connectivity index (χ3v) is 6.32. The number of carbonyl (C=O) groups is 2. The van der Waals surface area contributed by atoms with E-state index < -0.39 is 0 Å². The number of nitriles is 1. The summed E-state index contributed by atoms with van der Waals surface area (Å²) in [6.07, 6.45) is 2.36. The van der Waals surface area contributed by atoms with Crippen molar-refractivity contribution >= 4 is 29.1 Å². The number of aliphatic hydroxyl groups is 1. The van der Waals surface area contributed by atoms with Crippen molar-refractivity contribution in [2.24, 2.45) is 0 Å². The second-order valence-electron chi connectivity index (χ2n) is 7.67. The zero-order chi connectivity index (χ0) is 26.1. The van der Waals surface area contributed by atoms with Crippen LogP contribution in [0.2, 0.25) is 0 Å². The van der Waals surface area contributed by atoms with E-state index in [0.29, 0.717) is 51.0 Å². The molecule has 0 fully saturated rings. The van der Waals surface area contributed by atoms with E-state index in [9.17, 15) is 14.7 Å². The number of nitrogen functional groups attached to an aromatic ring is 1. The van der Waals surface area contributed by atoms with Crippen LogP contribution in [0.1, 0.15) is 40.7 Å². The van der Waals surface area contributed by atoms with Crippen molar-refractivity contribution in [2.75, 3.05) is 12.3 Å². The number of hydrogen-bond acceptors (Lipinski definition) is 9. The zero-order valence-corrected chi connectivity index (χ0v) is 20.7. The van der Waals surface area contributed by atoms with Crippen molar-refractivity contribution in [2.45, 2.75) is 26.8 Å². The first kappa shape index (κ1) is 26.4. The van der Waals surface area contributed by atoms with Crippen molar-refractivity contribution in [3.8, 4) is 17.6 Å². The van der Waals surface area contributed by atoms with Gasteiger partial charge < -0.3 is 20.5 Å². The number of para-hydroxylation sites is 1. The number of nitrogens with two attached hydrogens (primary N) is 1. The topological polar surface area (TPSA) is 142 Å². The maximum absolute atomic E-state index is 13.3. The Bertz CT molecular complexity index is 1340. The number of amides is 1. The number of hydrogen-bond donors (Lipinski definition) is 2. The Balaban J connectivity index is 1.87. The van der Waals surface area contributed by atoms with Gasteiger partial charge in [0.2, 0.25) is 11.5 Å². The minimum absolute atomic E-state index is 0.111. The molecule has 0 unspecified atom stereocenters. The molecule has 10 heteroatoms. The third-order valence-electron chi connectivity index (χ3n) is 5.17. The maximum atomic E-state index is 13.3. The van der Waals surface area contributed by atoms with Gasteiger partial charge in [-0.15, -0.1) is 0 Å². The fourth-order valence-corrected chi connectivity index (χ4v) is 4.23. The summed E-state index contributed by atoms with van der Waals surface area (Å²) in [6, 6.07) is 15.4. The second kappa shape index (κ2) is 12.5. The predicted octanol–water partition coefficient (Wildman–Crippen LogP) is 4.18. The number of aliphatic hydroxyl groups excluding tert-OH is 1. The van der Waals surface area contributed by atoms with Gasteiger partial charge in [0.1, 0.15) is 23.1 Å². The maximum Gasteiger partial charge on any atom is 0.227 e. The Morgan fingerprint density at radius 2 is 2.06 bits per heavy atom. The number of nitrogens with zero attached hydrogens (tertiary/aromatic N) is 4. The zero-order valence-electron chi connectivity index (χ0n) is 19.8. The molecule has 0 aliphatic heterocycles. The molecule has 0 aliphatic rings. The molecular weight excluding hydrogens is 478 g/mol. The fraction of sp³-hybridized carbons (Fsp3) is 0.192. The molecule has 2 aromatic carbocycles. The molecule has 0 aliphatic carbocycles. The number of thioether (sulfide) groups is 1. The number of aromatic nitrogens is 2. The van der Waals surface area contributed by atoms with Crippen LogP contribution in [0.5, 0.6) is 11.5 Å². The molecule has 0 saturated carbocycles. The highest BCUT2D eigenvalue weighted by Gasteiger charge is 2.20. The molecule has 0 atom stereocenters. The highest BCUT2D eigenvalue weighted by atomic mass is 32.2. The van der Waals surface area contributed by atoms with Crippen molar-refractivity contribution in [1.29, 1.82) is 5.26 Å². The molecule has 3 N–H and O–H groups in total. The third kappa shape index (κ3) is 6.69. The van der Waals surface area contributed by atoms with Crippen molar-refractivity contribution in [3.05, 3.63) is 87.8 Å². The lowest BCUT2D eigenvalue weighted by Crippen LogP contribution is -2.22. The van der Waals surface area contributed by atoms with Crippen LogP contribution in [-0.4, -0.2) is 38.1 Å². The summed E-state index contributed by atoms with van der Waals surface area (Å²) in [6.45, 7) is 3.31. The SMILES string of the molecule is C/C(=C(\CCO)SC(=O)c1ccccc1Oc1cccc(C#N)c1)N(C=O)Cc1cnc(C)nc1N. The lowest BCUT2D eigenvalue weighted by Gasteiger charge is -2.22. The van der Waals surface area contributed by atoms with Gasteiger partial charge in [-0.3, -0.25) is 9.59 Å². The van der Waals surface area contributed by atoms with Gasteiger partial charge in [0.15, 0.2) is 0 Å². The molecule has 3 rings (SSSR count). The minimum atomic E-state index is -0.325. The van der Waals surface area contributed by atoms with E-state index in [1.54, 1.807) is 68.6 Å². The molecule has 36 heavy (non-hydrogen) atoms. The van der Waals surface area contributed by atoms with E-state index in [1.165, 1.54) is 4.90 Å². The first-order valence-electron chi connectivity index (χ1n) is 11.0. The number of benzene rings is 2. The van der Waals surface area contributed by atoms with Crippen molar-refractivity contribution in [1.82, 2.24) is 14.9 Å². The van der Waals surface area contributed by atoms with Gasteiger partial charge in [0.05, 0.1) is 23.7 Å². The normalized spacial score (nSPS) is 11.3. The standard InChI is InChI=1S/C26H25N5O4S/c1-17(31(16-33)15-20-14-29-18(2)30-25(20)28)24(10-11-32)36-26(34)22-8-3-4-9-23(22)35-21-7-5-6-19(12-21)13-27/h3-9,12,14,16,32H,10-11,15H2,1-2H3,(H2,28,29,30)/b24-17-. The molecule has 3 aromatic rings. The van der Waals surface area contributed by atoms with E-state index in [1.807, 2.05) is 0 Å². The van der Waals surface area contributed by atoms with Crippen LogP contribution in [0.4, 0.5) is 5.82 Å². The number of rotatable bonds is 10.